The lowest BCUT2D eigenvalue weighted by Gasteiger charge is -2.32. The molecule has 10 nitrogen and oxygen atoms in total. The minimum atomic E-state index is -0.403. The van der Waals surface area contributed by atoms with Gasteiger partial charge in [-0.05, 0) is 48.3 Å². The fraction of sp³-hybridized carbons (Fsp3) is 0.429. The first-order chi connectivity index (χ1) is 25.4. The number of nitrogens with zero attached hydrogens (tertiary/aromatic N) is 2. The number of rotatable bonds is 15. The third kappa shape index (κ3) is 10.4. The Morgan fingerprint density at radius 3 is 1.81 bits per heavy atom. The Balaban J connectivity index is 1.14. The quantitative estimate of drug-likeness (QED) is 0.133. The maximum atomic E-state index is 14.0. The van der Waals surface area contributed by atoms with E-state index >= 15 is 0 Å². The molecule has 10 heteroatoms. The van der Waals surface area contributed by atoms with Gasteiger partial charge in [0.2, 0.25) is 5.91 Å². The number of carbonyl (C=O) groups excluding carboxylic acids is 3. The van der Waals surface area contributed by atoms with E-state index in [1.54, 1.807) is 0 Å². The SMILES string of the molecule is CC(CNC(=O)c1cc(C(=O)N[C@H]2CCCC[C@@H]2OCc2ccccc2)n(CC(=O)N[C@H]2CCCC[C@@H]2OCc2ccccc2)n1)c1ccccc1. The molecule has 0 saturated heterocycles. The zero-order valence-electron chi connectivity index (χ0n) is 30.0. The molecule has 1 aromatic heterocycles. The van der Waals surface area contributed by atoms with Crippen LogP contribution in [0.1, 0.15) is 102 Å². The van der Waals surface area contributed by atoms with Gasteiger partial charge in [-0.1, -0.05) is 124 Å². The highest BCUT2D eigenvalue weighted by molar-refractivity contribution is 5.98. The first-order valence-electron chi connectivity index (χ1n) is 18.7. The van der Waals surface area contributed by atoms with E-state index in [9.17, 15) is 14.4 Å². The molecule has 3 N–H and O–H groups in total. The van der Waals surface area contributed by atoms with Gasteiger partial charge in [-0.2, -0.15) is 5.10 Å². The van der Waals surface area contributed by atoms with Crippen LogP contribution < -0.4 is 16.0 Å². The van der Waals surface area contributed by atoms with E-state index in [0.29, 0.717) is 19.8 Å². The fourth-order valence-corrected chi connectivity index (χ4v) is 7.18. The largest absolute Gasteiger partial charge is 0.371 e. The topological polar surface area (TPSA) is 124 Å². The molecule has 0 bridgehead atoms. The van der Waals surface area contributed by atoms with Crippen molar-refractivity contribution in [2.24, 2.45) is 0 Å². The van der Waals surface area contributed by atoms with Gasteiger partial charge in [0.05, 0.1) is 37.5 Å². The van der Waals surface area contributed by atoms with Crippen LogP contribution >= 0.6 is 0 Å². The summed E-state index contributed by atoms with van der Waals surface area (Å²) in [5, 5.41) is 13.8. The summed E-state index contributed by atoms with van der Waals surface area (Å²) in [6.07, 6.45) is 7.01. The molecule has 274 valence electrons. The van der Waals surface area contributed by atoms with Crippen molar-refractivity contribution in [3.63, 3.8) is 0 Å². The van der Waals surface area contributed by atoms with Crippen LogP contribution in [0.3, 0.4) is 0 Å². The van der Waals surface area contributed by atoms with Crippen LogP contribution in [-0.2, 0) is 34.0 Å². The molecule has 2 saturated carbocycles. The molecule has 4 aromatic rings. The third-order valence-corrected chi connectivity index (χ3v) is 10.2. The minimum absolute atomic E-state index is 0.0763. The normalized spacial score (nSPS) is 20.8. The highest BCUT2D eigenvalue weighted by atomic mass is 16.5. The van der Waals surface area contributed by atoms with E-state index in [1.165, 1.54) is 10.7 Å². The Morgan fingerprint density at radius 1 is 0.712 bits per heavy atom. The summed E-state index contributed by atoms with van der Waals surface area (Å²) in [4.78, 5) is 41.0. The Hall–Kier alpha value is -4.80. The van der Waals surface area contributed by atoms with Crippen molar-refractivity contribution in [3.05, 3.63) is 125 Å². The number of carbonyl (C=O) groups is 3. The van der Waals surface area contributed by atoms with Gasteiger partial charge >= 0.3 is 0 Å². The summed E-state index contributed by atoms with van der Waals surface area (Å²) in [7, 11) is 0. The molecule has 1 heterocycles. The van der Waals surface area contributed by atoms with Crippen LogP contribution in [0.5, 0.6) is 0 Å². The van der Waals surface area contributed by atoms with E-state index < -0.39 is 5.91 Å². The van der Waals surface area contributed by atoms with Gasteiger partial charge in [0.25, 0.3) is 11.8 Å². The summed E-state index contributed by atoms with van der Waals surface area (Å²) >= 11 is 0. The lowest BCUT2D eigenvalue weighted by Crippen LogP contribution is -2.48. The van der Waals surface area contributed by atoms with Crippen LogP contribution in [0.15, 0.2) is 97.1 Å². The molecule has 1 unspecified atom stereocenters. The standard InChI is InChI=1S/C42H51N5O5/c1-30(33-19-9-4-10-20-33)26-43-41(49)36-25-37(42(50)45-35-22-12-14-24-39(35)52-29-32-17-7-3-8-18-32)47(46-36)27-40(48)44-34-21-11-13-23-38(34)51-28-31-15-5-2-6-16-31/h2-10,15-20,25,30,34-35,38-39H,11-14,21-24,26-29H2,1H3,(H,43,49)(H,44,48)(H,45,50)/t30?,34-,35-,38-,39-/m0/s1. The summed E-state index contributed by atoms with van der Waals surface area (Å²) in [5.74, 6) is -1.01. The number of nitrogens with one attached hydrogen (secondary N) is 3. The Labute approximate surface area is 306 Å². The van der Waals surface area contributed by atoms with Crippen molar-refractivity contribution < 1.29 is 23.9 Å². The van der Waals surface area contributed by atoms with Gasteiger partial charge in [0, 0.05) is 12.6 Å². The van der Waals surface area contributed by atoms with Crippen molar-refractivity contribution in [2.45, 2.75) is 108 Å². The second-order valence-electron chi connectivity index (χ2n) is 14.1. The minimum Gasteiger partial charge on any atom is -0.371 e. The Bertz CT molecular complexity index is 1730. The maximum absolute atomic E-state index is 14.0. The van der Waals surface area contributed by atoms with Crippen molar-refractivity contribution in [3.8, 4) is 0 Å². The predicted octanol–water partition coefficient (Wildman–Crippen LogP) is 6.32. The molecule has 3 aromatic carbocycles. The van der Waals surface area contributed by atoms with Crippen LogP contribution in [0.4, 0.5) is 0 Å². The Morgan fingerprint density at radius 2 is 1.23 bits per heavy atom. The fourth-order valence-electron chi connectivity index (χ4n) is 7.18. The number of hydrogen-bond acceptors (Lipinski definition) is 6. The van der Waals surface area contributed by atoms with Crippen molar-refractivity contribution in [1.29, 1.82) is 0 Å². The highest BCUT2D eigenvalue weighted by Crippen LogP contribution is 2.24. The molecule has 2 aliphatic carbocycles. The van der Waals surface area contributed by atoms with Crippen LogP contribution in [0.2, 0.25) is 0 Å². The molecule has 0 radical (unpaired) electrons. The maximum Gasteiger partial charge on any atom is 0.271 e. The molecule has 0 aliphatic heterocycles. The molecular weight excluding hydrogens is 654 g/mol. The van der Waals surface area contributed by atoms with Crippen molar-refractivity contribution in [1.82, 2.24) is 25.7 Å². The van der Waals surface area contributed by atoms with Gasteiger partial charge in [0.15, 0.2) is 5.69 Å². The van der Waals surface area contributed by atoms with Gasteiger partial charge in [-0.15, -0.1) is 0 Å². The molecule has 2 fully saturated rings. The van der Waals surface area contributed by atoms with Gasteiger partial charge < -0.3 is 25.4 Å². The van der Waals surface area contributed by atoms with Gasteiger partial charge in [-0.3, -0.25) is 14.4 Å². The monoisotopic (exact) mass is 705 g/mol. The zero-order chi connectivity index (χ0) is 36.1. The average molecular weight is 706 g/mol. The van der Waals surface area contributed by atoms with Gasteiger partial charge in [-0.25, -0.2) is 4.68 Å². The molecule has 0 spiro atoms. The summed E-state index contributed by atoms with van der Waals surface area (Å²) in [6.45, 7) is 3.15. The molecule has 2 aliphatic rings. The number of benzene rings is 3. The van der Waals surface area contributed by atoms with E-state index in [2.05, 4.69) is 21.0 Å². The zero-order valence-corrected chi connectivity index (χ0v) is 30.0. The van der Waals surface area contributed by atoms with E-state index in [1.807, 2.05) is 97.9 Å². The third-order valence-electron chi connectivity index (χ3n) is 10.2. The Kier molecular flexibility index (Phi) is 13.2. The van der Waals surface area contributed by atoms with Crippen LogP contribution in [-0.4, -0.2) is 58.3 Å². The second-order valence-corrected chi connectivity index (χ2v) is 14.1. The van der Waals surface area contributed by atoms with E-state index in [-0.39, 0.29) is 60.0 Å². The predicted molar refractivity (Wildman–Crippen MR) is 200 cm³/mol. The van der Waals surface area contributed by atoms with E-state index in [0.717, 1.165) is 68.1 Å². The highest BCUT2D eigenvalue weighted by Gasteiger charge is 2.31. The molecular formula is C42H51N5O5. The summed E-state index contributed by atoms with van der Waals surface area (Å²) in [5.41, 5.74) is 3.50. The van der Waals surface area contributed by atoms with Crippen LogP contribution in [0, 0.1) is 0 Å². The number of amides is 3. The van der Waals surface area contributed by atoms with Crippen LogP contribution in [0.25, 0.3) is 0 Å². The lowest BCUT2D eigenvalue weighted by atomic mass is 9.92. The van der Waals surface area contributed by atoms with Crippen molar-refractivity contribution in [2.75, 3.05) is 6.54 Å². The first kappa shape index (κ1) is 37.0. The number of ether oxygens (including phenoxy) is 2. The van der Waals surface area contributed by atoms with Crippen molar-refractivity contribution >= 4 is 17.7 Å². The number of hydrogen-bond donors (Lipinski definition) is 3. The summed E-state index contributed by atoms with van der Waals surface area (Å²) < 4.78 is 14.0. The number of aromatic nitrogens is 2. The molecule has 5 atom stereocenters. The summed E-state index contributed by atoms with van der Waals surface area (Å²) in [6, 6.07) is 31.1. The molecule has 3 amide bonds. The lowest BCUT2D eigenvalue weighted by molar-refractivity contribution is -0.124. The smallest absolute Gasteiger partial charge is 0.271 e. The molecule has 52 heavy (non-hydrogen) atoms. The second kappa shape index (κ2) is 18.6. The van der Waals surface area contributed by atoms with E-state index in [4.69, 9.17) is 9.47 Å². The average Bonchev–Trinajstić information content (AvgIpc) is 3.61. The van der Waals surface area contributed by atoms with Gasteiger partial charge in [0.1, 0.15) is 12.2 Å². The molecule has 6 rings (SSSR count). The first-order valence-corrected chi connectivity index (χ1v) is 18.7.